The van der Waals surface area contributed by atoms with Crippen LogP contribution in [0.25, 0.3) is 11.0 Å². The van der Waals surface area contributed by atoms with E-state index in [9.17, 15) is 18.0 Å². The van der Waals surface area contributed by atoms with Crippen molar-refractivity contribution in [1.29, 1.82) is 0 Å². The number of aromatic amines is 2. The summed E-state index contributed by atoms with van der Waals surface area (Å²) in [5, 5.41) is 0. The van der Waals surface area contributed by atoms with Gasteiger partial charge in [0.1, 0.15) is 5.52 Å². The van der Waals surface area contributed by atoms with Gasteiger partial charge in [-0.05, 0) is 36.0 Å². The Bertz CT molecular complexity index is 977. The van der Waals surface area contributed by atoms with Crippen molar-refractivity contribution in [1.82, 2.24) is 14.5 Å². The first-order chi connectivity index (χ1) is 11.0. The largest absolute Gasteiger partial charge is 0.432 e. The van der Waals surface area contributed by atoms with Crippen LogP contribution in [0.3, 0.4) is 0 Å². The number of hydrogen-bond acceptors (Lipinski definition) is 3. The third-order valence-electron chi connectivity index (χ3n) is 3.26. The van der Waals surface area contributed by atoms with E-state index >= 15 is 0 Å². The van der Waals surface area contributed by atoms with E-state index in [1.165, 1.54) is 12.1 Å². The van der Waals surface area contributed by atoms with Crippen molar-refractivity contribution < 1.29 is 17.9 Å². The molecule has 0 bridgehead atoms. The van der Waals surface area contributed by atoms with Crippen LogP contribution in [0, 0.1) is 10.6 Å². The summed E-state index contributed by atoms with van der Waals surface area (Å²) in [5.74, 6) is -1.43. The molecule has 120 valence electrons. The van der Waals surface area contributed by atoms with E-state index in [0.717, 1.165) is 6.07 Å². The summed E-state index contributed by atoms with van der Waals surface area (Å²) in [7, 11) is 0. The van der Waals surface area contributed by atoms with Crippen molar-refractivity contribution in [3.8, 4) is 5.75 Å². The fourth-order valence-corrected chi connectivity index (χ4v) is 2.53. The summed E-state index contributed by atoms with van der Waals surface area (Å²) in [5.41, 5.74) is 1.03. The second-order valence-corrected chi connectivity index (χ2v) is 5.11. The molecular formula is C14H10F3N3O2S. The molecule has 0 amide bonds. The molecule has 0 spiro atoms. The third kappa shape index (κ3) is 3.00. The van der Waals surface area contributed by atoms with E-state index < -0.39 is 18.2 Å². The molecule has 2 aromatic heterocycles. The van der Waals surface area contributed by atoms with Gasteiger partial charge in [0.2, 0.25) is 0 Å². The summed E-state index contributed by atoms with van der Waals surface area (Å²) >= 11 is 5.13. The van der Waals surface area contributed by atoms with Gasteiger partial charge in [-0.2, -0.15) is 8.78 Å². The molecular weight excluding hydrogens is 331 g/mol. The lowest BCUT2D eigenvalue weighted by Crippen LogP contribution is -2.14. The van der Waals surface area contributed by atoms with E-state index in [-0.39, 0.29) is 16.9 Å². The summed E-state index contributed by atoms with van der Waals surface area (Å²) in [6, 6.07) is 5.31. The van der Waals surface area contributed by atoms with Gasteiger partial charge in [0.15, 0.2) is 16.3 Å². The minimum atomic E-state index is -3.12. The molecule has 23 heavy (non-hydrogen) atoms. The maximum absolute atomic E-state index is 13.5. The van der Waals surface area contributed by atoms with Crippen LogP contribution >= 0.6 is 12.2 Å². The molecule has 0 unspecified atom stereocenters. The Morgan fingerprint density at radius 3 is 2.83 bits per heavy atom. The maximum atomic E-state index is 13.5. The highest BCUT2D eigenvalue weighted by Crippen LogP contribution is 2.22. The standard InChI is InChI=1S/C14H10F3N3O2S/c15-8-2-1-7(5-10(8)22-13(16)17)6-20-9-3-4-18-11(9)12(21)19-14(20)23/h1-5,13,18H,6H2,(H,19,21,23). The maximum Gasteiger partial charge on any atom is 0.387 e. The van der Waals surface area contributed by atoms with Gasteiger partial charge in [0.25, 0.3) is 5.56 Å². The lowest BCUT2D eigenvalue weighted by molar-refractivity contribution is -0.0522. The number of fused-ring (bicyclic) bond motifs is 1. The first-order valence-electron chi connectivity index (χ1n) is 6.49. The minimum absolute atomic E-state index is 0.157. The molecule has 0 aliphatic rings. The quantitative estimate of drug-likeness (QED) is 0.717. The molecule has 0 fully saturated rings. The lowest BCUT2D eigenvalue weighted by atomic mass is 10.2. The molecule has 9 heteroatoms. The number of nitrogens with zero attached hydrogens (tertiary/aromatic N) is 1. The Morgan fingerprint density at radius 1 is 1.30 bits per heavy atom. The molecule has 1 aromatic carbocycles. The second kappa shape index (κ2) is 5.92. The predicted molar refractivity (Wildman–Crippen MR) is 79.9 cm³/mol. The number of alkyl halides is 2. The SMILES string of the molecule is O=c1[nH]c(=S)n(Cc2ccc(F)c(OC(F)F)c2)c2cc[nH]c12. The molecule has 0 atom stereocenters. The summed E-state index contributed by atoms with van der Waals surface area (Å²) < 4.78 is 43.9. The van der Waals surface area contributed by atoms with Gasteiger partial charge in [-0.1, -0.05) is 6.07 Å². The van der Waals surface area contributed by atoms with E-state index in [2.05, 4.69) is 14.7 Å². The average Bonchev–Trinajstić information content (AvgIpc) is 2.96. The van der Waals surface area contributed by atoms with Crippen LogP contribution in [-0.2, 0) is 6.54 Å². The number of H-pyrrole nitrogens is 2. The van der Waals surface area contributed by atoms with Crippen molar-refractivity contribution in [3.05, 3.63) is 57.0 Å². The predicted octanol–water partition coefficient (Wildman–Crippen LogP) is 3.18. The number of aromatic nitrogens is 3. The smallest absolute Gasteiger partial charge is 0.387 e. The summed E-state index contributed by atoms with van der Waals surface area (Å²) in [4.78, 5) is 17.1. The Labute approximate surface area is 132 Å². The Kier molecular flexibility index (Phi) is 3.95. The average molecular weight is 341 g/mol. The van der Waals surface area contributed by atoms with Crippen molar-refractivity contribution in [3.63, 3.8) is 0 Å². The molecule has 3 aromatic rings. The highest BCUT2D eigenvalue weighted by Gasteiger charge is 2.12. The van der Waals surface area contributed by atoms with Crippen LogP contribution < -0.4 is 10.3 Å². The van der Waals surface area contributed by atoms with E-state index in [1.54, 1.807) is 16.8 Å². The van der Waals surface area contributed by atoms with E-state index in [1.807, 2.05) is 0 Å². The third-order valence-corrected chi connectivity index (χ3v) is 3.58. The first kappa shape index (κ1) is 15.3. The number of nitrogens with one attached hydrogen (secondary N) is 2. The fraction of sp³-hybridized carbons (Fsp3) is 0.143. The summed E-state index contributed by atoms with van der Waals surface area (Å²) in [6.07, 6.45) is 1.58. The highest BCUT2D eigenvalue weighted by atomic mass is 32.1. The van der Waals surface area contributed by atoms with Crippen LogP contribution in [0.15, 0.2) is 35.3 Å². The molecule has 5 nitrogen and oxygen atoms in total. The van der Waals surface area contributed by atoms with Gasteiger partial charge in [-0.25, -0.2) is 4.39 Å². The number of benzene rings is 1. The van der Waals surface area contributed by atoms with E-state index in [4.69, 9.17) is 12.2 Å². The molecule has 3 rings (SSSR count). The van der Waals surface area contributed by atoms with Gasteiger partial charge >= 0.3 is 6.61 Å². The lowest BCUT2D eigenvalue weighted by Gasteiger charge is -2.11. The zero-order valence-corrected chi connectivity index (χ0v) is 12.3. The van der Waals surface area contributed by atoms with Crippen molar-refractivity contribution in [2.45, 2.75) is 13.2 Å². The number of ether oxygens (including phenoxy) is 1. The van der Waals surface area contributed by atoms with E-state index in [0.29, 0.717) is 16.6 Å². The number of hydrogen-bond donors (Lipinski definition) is 2. The molecule has 2 N–H and O–H groups in total. The van der Waals surface area contributed by atoms with Crippen LogP contribution in [0.5, 0.6) is 5.75 Å². The molecule has 0 saturated heterocycles. The highest BCUT2D eigenvalue weighted by molar-refractivity contribution is 7.71. The van der Waals surface area contributed by atoms with Crippen LogP contribution in [-0.4, -0.2) is 21.1 Å². The second-order valence-electron chi connectivity index (χ2n) is 4.73. The topological polar surface area (TPSA) is 62.8 Å². The van der Waals surface area contributed by atoms with Crippen molar-refractivity contribution >= 4 is 23.3 Å². The van der Waals surface area contributed by atoms with Gasteiger partial charge < -0.3 is 14.3 Å². The van der Waals surface area contributed by atoms with Crippen LogP contribution in [0.2, 0.25) is 0 Å². The van der Waals surface area contributed by atoms with Crippen LogP contribution in [0.1, 0.15) is 5.56 Å². The first-order valence-corrected chi connectivity index (χ1v) is 6.90. The van der Waals surface area contributed by atoms with Gasteiger partial charge in [0, 0.05) is 6.20 Å². The van der Waals surface area contributed by atoms with Crippen molar-refractivity contribution in [2.75, 3.05) is 0 Å². The zero-order valence-electron chi connectivity index (χ0n) is 11.5. The normalized spacial score (nSPS) is 11.3. The van der Waals surface area contributed by atoms with Gasteiger partial charge in [-0.3, -0.25) is 9.78 Å². The Morgan fingerprint density at radius 2 is 2.09 bits per heavy atom. The Balaban J connectivity index is 2.05. The number of halogens is 3. The fourth-order valence-electron chi connectivity index (χ4n) is 2.28. The molecule has 0 aliphatic heterocycles. The number of rotatable bonds is 4. The van der Waals surface area contributed by atoms with Gasteiger partial charge in [-0.15, -0.1) is 0 Å². The van der Waals surface area contributed by atoms with Gasteiger partial charge in [0.05, 0.1) is 12.1 Å². The summed E-state index contributed by atoms with van der Waals surface area (Å²) in [6.45, 7) is -2.96. The monoisotopic (exact) mass is 341 g/mol. The molecule has 0 radical (unpaired) electrons. The Hall–Kier alpha value is -2.55. The molecule has 2 heterocycles. The minimum Gasteiger partial charge on any atom is -0.432 e. The van der Waals surface area contributed by atoms with Crippen molar-refractivity contribution in [2.24, 2.45) is 0 Å². The molecule has 0 aliphatic carbocycles. The molecule has 0 saturated carbocycles. The zero-order chi connectivity index (χ0) is 16.6. The van der Waals surface area contributed by atoms with Crippen LogP contribution in [0.4, 0.5) is 13.2 Å².